The van der Waals surface area contributed by atoms with E-state index in [9.17, 15) is 9.90 Å². The average Bonchev–Trinajstić information content (AvgIpc) is 2.57. The van der Waals surface area contributed by atoms with Crippen molar-refractivity contribution < 1.29 is 9.90 Å². The second-order valence-electron chi connectivity index (χ2n) is 6.09. The third-order valence-corrected chi connectivity index (χ3v) is 4.02. The summed E-state index contributed by atoms with van der Waals surface area (Å²) in [5, 5.41) is 9.62. The lowest BCUT2D eigenvalue weighted by Gasteiger charge is -2.27. The van der Waals surface area contributed by atoms with Crippen LogP contribution in [0, 0.1) is 12.3 Å². The minimum atomic E-state index is -0.674. The molecule has 1 N–H and O–H groups in total. The first-order valence-corrected chi connectivity index (χ1v) is 6.16. The summed E-state index contributed by atoms with van der Waals surface area (Å²) in [4.78, 5) is 11.7. The molecule has 2 nitrogen and oxygen atoms in total. The van der Waals surface area contributed by atoms with Crippen molar-refractivity contribution in [2.45, 2.75) is 45.4 Å². The lowest BCUT2D eigenvalue weighted by atomic mass is 9.76. The molecule has 0 saturated heterocycles. The molecule has 2 rings (SSSR count). The smallest absolute Gasteiger partial charge is 0.314 e. The van der Waals surface area contributed by atoms with Crippen LogP contribution < -0.4 is 0 Å². The van der Waals surface area contributed by atoms with E-state index in [0.29, 0.717) is 0 Å². The Balaban J connectivity index is 2.43. The molecule has 1 unspecified atom stereocenters. The molecule has 1 aromatic carbocycles. The first kappa shape index (κ1) is 12.2. The van der Waals surface area contributed by atoms with Crippen LogP contribution in [0.4, 0.5) is 0 Å². The van der Waals surface area contributed by atoms with Crippen molar-refractivity contribution in [1.82, 2.24) is 0 Å². The fraction of sp³-hybridized carbons (Fsp3) is 0.533. The summed E-state index contributed by atoms with van der Waals surface area (Å²) >= 11 is 0. The maximum absolute atomic E-state index is 11.7. The van der Waals surface area contributed by atoms with E-state index in [4.69, 9.17) is 0 Å². The van der Waals surface area contributed by atoms with Gasteiger partial charge in [0.25, 0.3) is 0 Å². The minimum Gasteiger partial charge on any atom is -0.481 e. The van der Waals surface area contributed by atoms with Gasteiger partial charge in [-0.1, -0.05) is 43.7 Å². The fourth-order valence-electron chi connectivity index (χ4n) is 2.97. The topological polar surface area (TPSA) is 37.3 Å². The van der Waals surface area contributed by atoms with Crippen LogP contribution in [-0.2, 0) is 10.2 Å². The SMILES string of the molecule is Cc1ccc(C2(C(=O)O)CCC(C)(C)C2)cc1. The first-order valence-electron chi connectivity index (χ1n) is 6.16. The van der Waals surface area contributed by atoms with Gasteiger partial charge in [-0.2, -0.15) is 0 Å². The molecular weight excluding hydrogens is 212 g/mol. The summed E-state index contributed by atoms with van der Waals surface area (Å²) < 4.78 is 0. The molecule has 1 aromatic rings. The quantitative estimate of drug-likeness (QED) is 0.847. The molecule has 92 valence electrons. The van der Waals surface area contributed by atoms with E-state index in [2.05, 4.69) is 13.8 Å². The molecule has 2 heteroatoms. The van der Waals surface area contributed by atoms with E-state index in [0.717, 1.165) is 24.8 Å². The highest BCUT2D eigenvalue weighted by Gasteiger charge is 2.49. The summed E-state index contributed by atoms with van der Waals surface area (Å²) in [5.41, 5.74) is 1.59. The molecule has 1 saturated carbocycles. The Morgan fingerprint density at radius 3 is 2.18 bits per heavy atom. The molecule has 1 aliphatic rings. The van der Waals surface area contributed by atoms with Gasteiger partial charge in [0.05, 0.1) is 5.41 Å². The Kier molecular flexibility index (Phi) is 2.76. The summed E-state index contributed by atoms with van der Waals surface area (Å²) in [6.07, 6.45) is 2.46. The Bertz CT molecular complexity index is 431. The molecule has 0 bridgehead atoms. The molecular formula is C15H20O2. The zero-order valence-electron chi connectivity index (χ0n) is 10.8. The minimum absolute atomic E-state index is 0.128. The zero-order valence-corrected chi connectivity index (χ0v) is 10.8. The van der Waals surface area contributed by atoms with Crippen LogP contribution >= 0.6 is 0 Å². The van der Waals surface area contributed by atoms with E-state index in [-0.39, 0.29) is 5.41 Å². The molecule has 0 amide bonds. The first-order chi connectivity index (χ1) is 7.86. The van der Waals surface area contributed by atoms with Crippen LogP contribution in [0.1, 0.15) is 44.2 Å². The number of rotatable bonds is 2. The number of hydrogen-bond donors (Lipinski definition) is 1. The number of aryl methyl sites for hydroxylation is 1. The summed E-state index contributed by atoms with van der Waals surface area (Å²) in [5.74, 6) is -0.674. The maximum Gasteiger partial charge on any atom is 0.314 e. The highest BCUT2D eigenvalue weighted by atomic mass is 16.4. The van der Waals surface area contributed by atoms with Gasteiger partial charge in [-0.15, -0.1) is 0 Å². The number of carboxylic acids is 1. The van der Waals surface area contributed by atoms with Gasteiger partial charge < -0.3 is 5.11 Å². The van der Waals surface area contributed by atoms with E-state index in [1.807, 2.05) is 31.2 Å². The number of aliphatic carboxylic acids is 1. The van der Waals surface area contributed by atoms with Crippen molar-refractivity contribution in [2.24, 2.45) is 5.41 Å². The van der Waals surface area contributed by atoms with Gasteiger partial charge in [-0.3, -0.25) is 4.79 Å². The standard InChI is InChI=1S/C15H20O2/c1-11-4-6-12(7-5-11)15(13(16)17)9-8-14(2,3)10-15/h4-7H,8-10H2,1-3H3,(H,16,17). The van der Waals surface area contributed by atoms with Crippen LogP contribution in [-0.4, -0.2) is 11.1 Å². The van der Waals surface area contributed by atoms with E-state index in [1.54, 1.807) is 0 Å². The Morgan fingerprint density at radius 1 is 1.18 bits per heavy atom. The van der Waals surface area contributed by atoms with Crippen LogP contribution in [0.25, 0.3) is 0 Å². The molecule has 1 aliphatic carbocycles. The second kappa shape index (κ2) is 3.86. The lowest BCUT2D eigenvalue weighted by Crippen LogP contribution is -2.33. The lowest BCUT2D eigenvalue weighted by molar-refractivity contribution is -0.144. The summed E-state index contributed by atoms with van der Waals surface area (Å²) in [6.45, 7) is 6.34. The molecule has 0 aliphatic heterocycles. The van der Waals surface area contributed by atoms with E-state index in [1.165, 1.54) is 5.56 Å². The van der Waals surface area contributed by atoms with Gasteiger partial charge in [-0.25, -0.2) is 0 Å². The zero-order chi connectivity index (χ0) is 12.7. The summed E-state index contributed by atoms with van der Waals surface area (Å²) in [6, 6.07) is 7.96. The van der Waals surface area contributed by atoms with Gasteiger partial charge in [-0.05, 0) is 37.2 Å². The molecule has 1 fully saturated rings. The Morgan fingerprint density at radius 2 is 1.76 bits per heavy atom. The molecule has 0 spiro atoms. The third-order valence-electron chi connectivity index (χ3n) is 4.02. The highest BCUT2D eigenvalue weighted by Crippen LogP contribution is 2.50. The Hall–Kier alpha value is -1.31. The molecule has 17 heavy (non-hydrogen) atoms. The number of carbonyl (C=O) groups is 1. The molecule has 0 aromatic heterocycles. The normalized spacial score (nSPS) is 27.0. The van der Waals surface area contributed by atoms with Crippen molar-refractivity contribution in [2.75, 3.05) is 0 Å². The Labute approximate surface area is 103 Å². The number of carboxylic acid groups (broad SMARTS) is 1. The van der Waals surface area contributed by atoms with E-state index >= 15 is 0 Å². The van der Waals surface area contributed by atoms with E-state index < -0.39 is 11.4 Å². The van der Waals surface area contributed by atoms with Crippen LogP contribution in [0.2, 0.25) is 0 Å². The number of hydrogen-bond acceptors (Lipinski definition) is 1. The molecule has 0 heterocycles. The highest BCUT2D eigenvalue weighted by molar-refractivity contribution is 5.82. The maximum atomic E-state index is 11.7. The van der Waals surface area contributed by atoms with Crippen LogP contribution in [0.3, 0.4) is 0 Å². The van der Waals surface area contributed by atoms with Crippen molar-refractivity contribution >= 4 is 5.97 Å². The van der Waals surface area contributed by atoms with Crippen LogP contribution in [0.15, 0.2) is 24.3 Å². The second-order valence-corrected chi connectivity index (χ2v) is 6.09. The monoisotopic (exact) mass is 232 g/mol. The predicted molar refractivity (Wildman–Crippen MR) is 68.1 cm³/mol. The third kappa shape index (κ3) is 2.08. The van der Waals surface area contributed by atoms with Gasteiger partial charge in [0.1, 0.15) is 0 Å². The van der Waals surface area contributed by atoms with Crippen molar-refractivity contribution in [3.8, 4) is 0 Å². The van der Waals surface area contributed by atoms with Crippen molar-refractivity contribution in [3.05, 3.63) is 35.4 Å². The van der Waals surface area contributed by atoms with Crippen LogP contribution in [0.5, 0.6) is 0 Å². The van der Waals surface area contributed by atoms with Gasteiger partial charge >= 0.3 is 5.97 Å². The van der Waals surface area contributed by atoms with Crippen molar-refractivity contribution in [3.63, 3.8) is 0 Å². The average molecular weight is 232 g/mol. The molecule has 0 radical (unpaired) electrons. The van der Waals surface area contributed by atoms with Gasteiger partial charge in [0.15, 0.2) is 0 Å². The fourth-order valence-corrected chi connectivity index (χ4v) is 2.97. The van der Waals surface area contributed by atoms with Gasteiger partial charge in [0.2, 0.25) is 0 Å². The van der Waals surface area contributed by atoms with Gasteiger partial charge in [0, 0.05) is 0 Å². The largest absolute Gasteiger partial charge is 0.481 e. The number of benzene rings is 1. The van der Waals surface area contributed by atoms with Crippen molar-refractivity contribution in [1.29, 1.82) is 0 Å². The predicted octanol–water partition coefficient (Wildman–Crippen LogP) is 3.53. The summed E-state index contributed by atoms with van der Waals surface area (Å²) in [7, 11) is 0. The molecule has 1 atom stereocenters.